The normalized spacial score (nSPS) is 11.2. The Morgan fingerprint density at radius 2 is 1.78 bits per heavy atom. The summed E-state index contributed by atoms with van der Waals surface area (Å²) in [4.78, 5) is 27.7. The molecule has 0 bridgehead atoms. The minimum Gasteiger partial charge on any atom is -0.495 e. The zero-order chi connectivity index (χ0) is 26.5. The average Bonchev–Trinajstić information content (AvgIpc) is 3.25. The number of carbonyl (C=O) groups excluding carboxylic acids is 2. The number of ether oxygens (including phenoxy) is 1. The van der Waals surface area contributed by atoms with Crippen molar-refractivity contribution in [2.45, 2.75) is 53.4 Å². The fourth-order valence-corrected chi connectivity index (χ4v) is 3.81. The van der Waals surface area contributed by atoms with E-state index >= 15 is 0 Å². The summed E-state index contributed by atoms with van der Waals surface area (Å²) in [7, 11) is 1.55. The predicted molar refractivity (Wildman–Crippen MR) is 144 cm³/mol. The number of para-hydroxylation sites is 2. The minimum absolute atomic E-state index is 0.0996. The van der Waals surface area contributed by atoms with Crippen molar-refractivity contribution in [2.75, 3.05) is 30.8 Å². The molecule has 0 aliphatic rings. The third-order valence-corrected chi connectivity index (χ3v) is 6.01. The number of hydrogen-bond acceptors (Lipinski definition) is 4. The van der Waals surface area contributed by atoms with Gasteiger partial charge in [0, 0.05) is 18.0 Å². The molecule has 8 heteroatoms. The van der Waals surface area contributed by atoms with Crippen LogP contribution in [0.4, 0.5) is 16.3 Å². The molecule has 1 heterocycles. The second-order valence-corrected chi connectivity index (χ2v) is 9.90. The van der Waals surface area contributed by atoms with Crippen LogP contribution in [-0.4, -0.2) is 46.8 Å². The van der Waals surface area contributed by atoms with Gasteiger partial charge in [-0.05, 0) is 49.6 Å². The van der Waals surface area contributed by atoms with Crippen LogP contribution in [0, 0.1) is 13.8 Å². The number of aryl methyl sites for hydroxylation is 1. The van der Waals surface area contributed by atoms with Crippen molar-refractivity contribution < 1.29 is 14.3 Å². The number of hydrogen-bond donors (Lipinski definition) is 2. The van der Waals surface area contributed by atoms with Crippen LogP contribution in [0.2, 0.25) is 0 Å². The maximum atomic E-state index is 13.2. The zero-order valence-electron chi connectivity index (χ0n) is 22.3. The van der Waals surface area contributed by atoms with Gasteiger partial charge in [-0.3, -0.25) is 4.79 Å². The molecule has 1 aromatic heterocycles. The Kier molecular flexibility index (Phi) is 8.40. The molecule has 2 N–H and O–H groups in total. The third-order valence-electron chi connectivity index (χ3n) is 6.01. The van der Waals surface area contributed by atoms with Crippen LogP contribution in [0.1, 0.15) is 50.9 Å². The Morgan fingerprint density at radius 3 is 2.44 bits per heavy atom. The Bertz CT molecular complexity index is 1230. The Balaban J connectivity index is 1.84. The summed E-state index contributed by atoms with van der Waals surface area (Å²) in [6, 6.07) is 14.7. The molecule has 0 aliphatic heterocycles. The molecule has 2 aromatic carbocycles. The van der Waals surface area contributed by atoms with E-state index in [2.05, 4.69) is 31.4 Å². The van der Waals surface area contributed by atoms with Crippen LogP contribution >= 0.6 is 0 Å². The molecule has 3 aromatic rings. The quantitative estimate of drug-likeness (QED) is 0.424. The molecule has 36 heavy (non-hydrogen) atoms. The first-order chi connectivity index (χ1) is 17.0. The molecule has 3 rings (SSSR count). The standard InChI is InChI=1S/C28H37N5O3/c1-8-16-32(27(35)29-21-13-9-10-15-23(21)36-7)18-26(34)30-25-17-24(28(4,5)6)31-33(25)22-14-11-12-19(2)20(22)3/h9-15,17H,8,16,18H2,1-7H3,(H,29,35)(H,30,34). The van der Waals surface area contributed by atoms with Gasteiger partial charge in [0.25, 0.3) is 0 Å². The lowest BCUT2D eigenvalue weighted by atomic mass is 9.92. The average molecular weight is 492 g/mol. The number of nitrogens with one attached hydrogen (secondary N) is 2. The molecular weight excluding hydrogens is 454 g/mol. The van der Waals surface area contributed by atoms with Crippen LogP contribution < -0.4 is 15.4 Å². The molecule has 0 saturated carbocycles. The van der Waals surface area contributed by atoms with Crippen molar-refractivity contribution in [3.63, 3.8) is 0 Å². The fraction of sp³-hybridized carbons (Fsp3) is 0.393. The first kappa shape index (κ1) is 26.8. The number of aromatic nitrogens is 2. The highest BCUT2D eigenvalue weighted by atomic mass is 16.5. The van der Waals surface area contributed by atoms with Crippen LogP contribution in [-0.2, 0) is 10.2 Å². The van der Waals surface area contributed by atoms with E-state index in [9.17, 15) is 9.59 Å². The van der Waals surface area contributed by atoms with Gasteiger partial charge < -0.3 is 20.3 Å². The number of nitrogens with zero attached hydrogens (tertiary/aromatic N) is 3. The minimum atomic E-state index is -0.366. The van der Waals surface area contributed by atoms with Crippen LogP contribution in [0.25, 0.3) is 5.69 Å². The molecule has 3 amide bonds. The Labute approximate surface area is 213 Å². The predicted octanol–water partition coefficient (Wildman–Crippen LogP) is 5.68. The molecule has 0 unspecified atom stereocenters. The molecule has 0 saturated heterocycles. The van der Waals surface area contributed by atoms with Crippen LogP contribution in [0.15, 0.2) is 48.5 Å². The number of methoxy groups -OCH3 is 1. The van der Waals surface area contributed by atoms with E-state index in [-0.39, 0.29) is 23.9 Å². The van der Waals surface area contributed by atoms with Crippen molar-refractivity contribution in [1.82, 2.24) is 14.7 Å². The molecule has 0 fully saturated rings. The van der Waals surface area contributed by atoms with Gasteiger partial charge in [-0.2, -0.15) is 5.10 Å². The zero-order valence-corrected chi connectivity index (χ0v) is 22.3. The summed E-state index contributed by atoms with van der Waals surface area (Å²) in [6.45, 7) is 12.6. The first-order valence-electron chi connectivity index (χ1n) is 12.2. The van der Waals surface area contributed by atoms with Crippen molar-refractivity contribution in [3.8, 4) is 11.4 Å². The van der Waals surface area contributed by atoms with E-state index in [1.54, 1.807) is 23.9 Å². The molecular formula is C28H37N5O3. The van der Waals surface area contributed by atoms with Gasteiger partial charge in [0.05, 0.1) is 24.2 Å². The number of rotatable bonds is 8. The lowest BCUT2D eigenvalue weighted by Crippen LogP contribution is -2.41. The maximum absolute atomic E-state index is 13.2. The van der Waals surface area contributed by atoms with E-state index in [0.717, 1.165) is 22.5 Å². The summed E-state index contributed by atoms with van der Waals surface area (Å²) in [5.41, 5.74) is 4.33. The van der Waals surface area contributed by atoms with E-state index in [0.29, 0.717) is 30.2 Å². The summed E-state index contributed by atoms with van der Waals surface area (Å²) in [6.07, 6.45) is 0.710. The van der Waals surface area contributed by atoms with E-state index in [1.165, 1.54) is 4.90 Å². The van der Waals surface area contributed by atoms with E-state index in [4.69, 9.17) is 9.84 Å². The molecule has 0 spiro atoms. The van der Waals surface area contributed by atoms with Gasteiger partial charge in [-0.25, -0.2) is 9.48 Å². The largest absolute Gasteiger partial charge is 0.495 e. The number of amides is 3. The van der Waals surface area contributed by atoms with Gasteiger partial charge in [-0.1, -0.05) is 52.0 Å². The van der Waals surface area contributed by atoms with Crippen LogP contribution in [0.3, 0.4) is 0 Å². The number of anilines is 2. The van der Waals surface area contributed by atoms with Gasteiger partial charge in [0.2, 0.25) is 5.91 Å². The molecule has 192 valence electrons. The van der Waals surface area contributed by atoms with Gasteiger partial charge in [-0.15, -0.1) is 0 Å². The maximum Gasteiger partial charge on any atom is 0.322 e. The second-order valence-electron chi connectivity index (χ2n) is 9.90. The van der Waals surface area contributed by atoms with Crippen molar-refractivity contribution in [2.24, 2.45) is 0 Å². The van der Waals surface area contributed by atoms with E-state index < -0.39 is 0 Å². The summed E-state index contributed by atoms with van der Waals surface area (Å²) >= 11 is 0. The highest BCUT2D eigenvalue weighted by molar-refractivity contribution is 5.97. The highest BCUT2D eigenvalue weighted by Crippen LogP contribution is 2.28. The first-order valence-corrected chi connectivity index (χ1v) is 12.2. The van der Waals surface area contributed by atoms with Gasteiger partial charge in [0.15, 0.2) is 0 Å². The smallest absolute Gasteiger partial charge is 0.322 e. The molecule has 0 aliphatic carbocycles. The van der Waals surface area contributed by atoms with Gasteiger partial charge >= 0.3 is 6.03 Å². The molecule has 0 radical (unpaired) electrons. The van der Waals surface area contributed by atoms with Crippen molar-refractivity contribution >= 4 is 23.4 Å². The SMILES string of the molecule is CCCN(CC(=O)Nc1cc(C(C)(C)C)nn1-c1cccc(C)c1C)C(=O)Nc1ccccc1OC. The summed E-state index contributed by atoms with van der Waals surface area (Å²) in [5.74, 6) is 0.824. The Morgan fingerprint density at radius 1 is 1.06 bits per heavy atom. The van der Waals surface area contributed by atoms with Crippen molar-refractivity contribution in [1.29, 1.82) is 0 Å². The topological polar surface area (TPSA) is 88.5 Å². The number of benzene rings is 2. The summed E-state index contributed by atoms with van der Waals surface area (Å²) < 4.78 is 7.10. The third kappa shape index (κ3) is 6.24. The van der Waals surface area contributed by atoms with E-state index in [1.807, 2.05) is 57.2 Å². The monoisotopic (exact) mass is 491 g/mol. The summed E-state index contributed by atoms with van der Waals surface area (Å²) in [5, 5.41) is 10.7. The fourth-order valence-electron chi connectivity index (χ4n) is 3.81. The highest BCUT2D eigenvalue weighted by Gasteiger charge is 2.24. The molecule has 8 nitrogen and oxygen atoms in total. The number of carbonyl (C=O) groups is 2. The van der Waals surface area contributed by atoms with Gasteiger partial charge in [0.1, 0.15) is 18.1 Å². The van der Waals surface area contributed by atoms with Crippen molar-refractivity contribution in [3.05, 3.63) is 65.4 Å². The molecule has 0 atom stereocenters. The lowest BCUT2D eigenvalue weighted by Gasteiger charge is -2.23. The number of urea groups is 1. The van der Waals surface area contributed by atoms with Crippen LogP contribution in [0.5, 0.6) is 5.75 Å². The Hall–Kier alpha value is -3.81. The second kappa shape index (κ2) is 11.3. The lowest BCUT2D eigenvalue weighted by molar-refractivity contribution is -0.116.